The van der Waals surface area contributed by atoms with E-state index in [9.17, 15) is 0 Å². The lowest BCUT2D eigenvalue weighted by Gasteiger charge is -2.32. The molecule has 0 N–H and O–H groups in total. The van der Waals surface area contributed by atoms with Gasteiger partial charge in [-0.3, -0.25) is 0 Å². The Labute approximate surface area is 404 Å². The van der Waals surface area contributed by atoms with Gasteiger partial charge in [0.25, 0.3) is 0 Å². The van der Waals surface area contributed by atoms with E-state index in [-0.39, 0.29) is 0 Å². The van der Waals surface area contributed by atoms with Crippen molar-refractivity contribution < 1.29 is 0 Å². The highest BCUT2D eigenvalue weighted by atomic mass is 28.3. The quantitative estimate of drug-likeness (QED) is 0.131. The summed E-state index contributed by atoms with van der Waals surface area (Å²) in [6.45, 7) is 0. The Balaban J connectivity index is 0.892. The molecule has 1 aromatic heterocycles. The molecule has 0 unspecified atom stereocenters. The Kier molecular flexibility index (Phi) is 9.88. The van der Waals surface area contributed by atoms with Crippen LogP contribution in [-0.4, -0.2) is 12.6 Å². The zero-order valence-corrected chi connectivity index (χ0v) is 39.0. The van der Waals surface area contributed by atoms with E-state index < -0.39 is 8.07 Å². The summed E-state index contributed by atoms with van der Waals surface area (Å²) in [4.78, 5) is 2.44. The Hall–Kier alpha value is -8.76. The van der Waals surface area contributed by atoms with Crippen molar-refractivity contribution in [1.82, 2.24) is 4.57 Å². The van der Waals surface area contributed by atoms with Gasteiger partial charge in [-0.1, -0.05) is 212 Å². The lowest BCUT2D eigenvalue weighted by Crippen LogP contribution is -2.72. The standard InChI is InChI=1S/C66H46N2Si/c1-5-17-47(18-6-1)49-33-38-54(39-34-49)67(56-42-43-61-60-26-14-16-28-65(60)69(66(61)46-56,57-21-9-3-10-22-57)58-23-11-4-12-24-58)55-40-35-50(36-41-55)48-29-31-51(32-30-48)52-37-44-64-62(45-52)59-25-13-15-27-63(59)68(64)53-19-7-2-8-20-53/h1-46H. The van der Waals surface area contributed by atoms with Gasteiger partial charge in [0.05, 0.1) is 11.0 Å². The first kappa shape index (κ1) is 40.5. The molecule has 324 valence electrons. The van der Waals surface area contributed by atoms with Crippen LogP contribution >= 0.6 is 0 Å². The monoisotopic (exact) mass is 894 g/mol. The van der Waals surface area contributed by atoms with E-state index in [4.69, 9.17) is 0 Å². The molecule has 0 aliphatic carbocycles. The molecule has 2 heterocycles. The number of hydrogen-bond donors (Lipinski definition) is 0. The van der Waals surface area contributed by atoms with Crippen LogP contribution < -0.4 is 25.6 Å². The van der Waals surface area contributed by atoms with Crippen LogP contribution in [0.25, 0.3) is 72.0 Å². The number of nitrogens with zero attached hydrogens (tertiary/aromatic N) is 2. The molecule has 0 radical (unpaired) electrons. The summed E-state index contributed by atoms with van der Waals surface area (Å²) in [7, 11) is -2.71. The van der Waals surface area contributed by atoms with Gasteiger partial charge in [-0.25, -0.2) is 0 Å². The van der Waals surface area contributed by atoms with Crippen molar-refractivity contribution in [2.75, 3.05) is 4.90 Å². The fraction of sp³-hybridized carbons (Fsp3) is 0. The zero-order chi connectivity index (χ0) is 45.7. The second kappa shape index (κ2) is 16.8. The second-order valence-electron chi connectivity index (χ2n) is 18.1. The van der Waals surface area contributed by atoms with Gasteiger partial charge < -0.3 is 9.47 Å². The molecule has 11 aromatic carbocycles. The average molecular weight is 895 g/mol. The fourth-order valence-electron chi connectivity index (χ4n) is 11.1. The maximum absolute atomic E-state index is 2.71. The largest absolute Gasteiger partial charge is 0.311 e. The maximum atomic E-state index is 2.51. The summed E-state index contributed by atoms with van der Waals surface area (Å²) in [5.74, 6) is 0. The van der Waals surface area contributed by atoms with Gasteiger partial charge in [-0.05, 0) is 132 Å². The Morgan fingerprint density at radius 1 is 0.275 bits per heavy atom. The zero-order valence-electron chi connectivity index (χ0n) is 38.0. The van der Waals surface area contributed by atoms with Crippen molar-refractivity contribution in [1.29, 1.82) is 0 Å². The van der Waals surface area contributed by atoms with Crippen molar-refractivity contribution in [3.05, 3.63) is 279 Å². The molecule has 0 bridgehead atoms. The van der Waals surface area contributed by atoms with Crippen LogP contribution in [0.3, 0.4) is 0 Å². The molecule has 0 atom stereocenters. The second-order valence-corrected chi connectivity index (χ2v) is 21.8. The third-order valence-electron chi connectivity index (χ3n) is 14.3. The van der Waals surface area contributed by atoms with Crippen LogP contribution in [0.4, 0.5) is 17.1 Å². The van der Waals surface area contributed by atoms with E-state index in [0.29, 0.717) is 0 Å². The van der Waals surface area contributed by atoms with Gasteiger partial charge in [0.1, 0.15) is 0 Å². The van der Waals surface area contributed by atoms with Crippen LogP contribution in [0.1, 0.15) is 0 Å². The van der Waals surface area contributed by atoms with Crippen molar-refractivity contribution in [2.45, 2.75) is 0 Å². The maximum Gasteiger partial charge on any atom is 0.180 e. The minimum atomic E-state index is -2.71. The van der Waals surface area contributed by atoms with Gasteiger partial charge in [0.2, 0.25) is 0 Å². The number of benzene rings is 11. The van der Waals surface area contributed by atoms with Crippen LogP contribution in [0, 0.1) is 0 Å². The van der Waals surface area contributed by atoms with Crippen LogP contribution in [-0.2, 0) is 0 Å². The van der Waals surface area contributed by atoms with Gasteiger partial charge in [0.15, 0.2) is 8.07 Å². The van der Waals surface area contributed by atoms with E-state index in [0.717, 1.165) is 17.1 Å². The van der Waals surface area contributed by atoms with Gasteiger partial charge in [-0.15, -0.1) is 0 Å². The summed E-state index contributed by atoms with van der Waals surface area (Å²) in [5, 5.41) is 8.17. The molecule has 1 aliphatic heterocycles. The lowest BCUT2D eigenvalue weighted by atomic mass is 9.98. The summed E-state index contributed by atoms with van der Waals surface area (Å²) < 4.78 is 2.37. The molecule has 0 fully saturated rings. The third kappa shape index (κ3) is 6.78. The third-order valence-corrected chi connectivity index (χ3v) is 19.2. The van der Waals surface area contributed by atoms with E-state index in [1.165, 1.54) is 92.7 Å². The Morgan fingerprint density at radius 3 is 1.33 bits per heavy atom. The minimum Gasteiger partial charge on any atom is -0.311 e. The summed E-state index contributed by atoms with van der Waals surface area (Å²) >= 11 is 0. The van der Waals surface area contributed by atoms with Crippen molar-refractivity contribution in [3.8, 4) is 50.2 Å². The Morgan fingerprint density at radius 2 is 0.710 bits per heavy atom. The summed E-state index contributed by atoms with van der Waals surface area (Å²) in [6, 6.07) is 103. The molecular weight excluding hydrogens is 849 g/mol. The normalized spacial score (nSPS) is 12.5. The number of fused-ring (bicyclic) bond motifs is 6. The molecule has 0 saturated carbocycles. The average Bonchev–Trinajstić information content (AvgIpc) is 3.92. The highest BCUT2D eigenvalue weighted by Crippen LogP contribution is 2.40. The van der Waals surface area contributed by atoms with E-state index in [1.54, 1.807) is 0 Å². The molecule has 69 heavy (non-hydrogen) atoms. The first-order valence-corrected chi connectivity index (χ1v) is 25.8. The molecule has 0 amide bonds. The number of rotatable bonds is 9. The van der Waals surface area contributed by atoms with E-state index in [1.807, 2.05) is 0 Å². The van der Waals surface area contributed by atoms with Crippen LogP contribution in [0.5, 0.6) is 0 Å². The topological polar surface area (TPSA) is 8.17 Å². The lowest BCUT2D eigenvalue weighted by molar-refractivity contribution is 1.18. The number of hydrogen-bond acceptors (Lipinski definition) is 1. The smallest absolute Gasteiger partial charge is 0.180 e. The molecule has 12 aromatic rings. The summed E-state index contributed by atoms with van der Waals surface area (Å²) in [5.41, 5.74) is 16.8. The predicted molar refractivity (Wildman–Crippen MR) is 294 cm³/mol. The van der Waals surface area contributed by atoms with Gasteiger partial charge >= 0.3 is 0 Å². The molecule has 1 aliphatic rings. The highest BCUT2D eigenvalue weighted by Gasteiger charge is 2.48. The molecule has 2 nitrogen and oxygen atoms in total. The van der Waals surface area contributed by atoms with E-state index >= 15 is 0 Å². The van der Waals surface area contributed by atoms with E-state index in [2.05, 4.69) is 289 Å². The Bertz CT molecular complexity index is 3750. The van der Waals surface area contributed by atoms with Crippen LogP contribution in [0.15, 0.2) is 279 Å². The molecular formula is C66H46N2Si. The first-order chi connectivity index (χ1) is 34.2. The van der Waals surface area contributed by atoms with Gasteiger partial charge in [-0.2, -0.15) is 0 Å². The van der Waals surface area contributed by atoms with Crippen LogP contribution in [0.2, 0.25) is 0 Å². The number of anilines is 3. The minimum absolute atomic E-state index is 1.10. The van der Waals surface area contributed by atoms with Crippen molar-refractivity contribution >= 4 is 67.7 Å². The summed E-state index contributed by atoms with van der Waals surface area (Å²) in [6.07, 6.45) is 0. The number of para-hydroxylation sites is 2. The SMILES string of the molecule is c1ccc(-c2ccc(N(c3ccc(-c4ccc(-c5ccc6c(c5)c5ccccc5n6-c5ccccc5)cc4)cc3)c3ccc4c(c3)[Si](c3ccccc3)(c3ccccc3)c3ccccc3-4)cc2)cc1. The highest BCUT2D eigenvalue weighted by molar-refractivity contribution is 7.22. The number of aromatic nitrogens is 1. The predicted octanol–water partition coefficient (Wildman–Crippen LogP) is 14.6. The molecule has 0 spiro atoms. The van der Waals surface area contributed by atoms with Crippen molar-refractivity contribution in [2.24, 2.45) is 0 Å². The fourth-order valence-corrected chi connectivity index (χ4v) is 16.3. The molecule has 3 heteroatoms. The molecule has 13 rings (SSSR count). The molecule has 0 saturated heterocycles. The van der Waals surface area contributed by atoms with Crippen molar-refractivity contribution in [3.63, 3.8) is 0 Å². The first-order valence-electron chi connectivity index (χ1n) is 23.8. The van der Waals surface area contributed by atoms with Gasteiger partial charge in [0, 0.05) is 33.5 Å².